The highest BCUT2D eigenvalue weighted by atomic mass is 16.6. The second-order valence-corrected chi connectivity index (χ2v) is 12.2. The molecule has 0 aromatic heterocycles. The number of rotatable bonds is 26. The summed E-state index contributed by atoms with van der Waals surface area (Å²) in [6.07, 6.45) is 12.9. The molecule has 0 aromatic carbocycles. The van der Waals surface area contributed by atoms with Crippen molar-refractivity contribution in [2.24, 2.45) is 17.8 Å². The van der Waals surface area contributed by atoms with Gasteiger partial charge in [-0.25, -0.2) is 4.79 Å². The Balaban J connectivity index is 4.34. The predicted molar refractivity (Wildman–Crippen MR) is 164 cm³/mol. The van der Waals surface area contributed by atoms with Crippen LogP contribution in [0.5, 0.6) is 0 Å². The quantitative estimate of drug-likeness (QED) is 0.0381. The average molecular weight is 601 g/mol. The van der Waals surface area contributed by atoms with Gasteiger partial charge in [0.15, 0.2) is 18.0 Å². The Morgan fingerprint density at radius 2 is 1.29 bits per heavy atom. The Kier molecular flexibility index (Phi) is 22.6. The van der Waals surface area contributed by atoms with Gasteiger partial charge in [-0.1, -0.05) is 104 Å². The molecule has 7 atom stereocenters. The molecule has 42 heavy (non-hydrogen) atoms. The number of carbonyl (C=O) groups excluding carboxylic acids is 2. The molecule has 0 aliphatic rings. The molecule has 0 aliphatic carbocycles. The smallest absolute Gasteiger partial charge is 0.335 e. The van der Waals surface area contributed by atoms with Crippen LogP contribution in [0, 0.1) is 17.8 Å². The van der Waals surface area contributed by atoms with E-state index in [9.17, 15) is 34.8 Å². The lowest BCUT2D eigenvalue weighted by molar-refractivity contribution is -0.176. The maximum Gasteiger partial charge on any atom is 0.335 e. The molecule has 0 spiro atoms. The first-order valence-corrected chi connectivity index (χ1v) is 16.2. The van der Waals surface area contributed by atoms with Gasteiger partial charge in [0, 0.05) is 0 Å². The van der Waals surface area contributed by atoms with E-state index in [2.05, 4.69) is 13.8 Å². The lowest BCUT2D eigenvalue weighted by Crippen LogP contribution is -2.46. The van der Waals surface area contributed by atoms with Crippen LogP contribution in [0.15, 0.2) is 11.6 Å². The zero-order chi connectivity index (χ0) is 32.1. The van der Waals surface area contributed by atoms with Gasteiger partial charge < -0.3 is 30.3 Å². The Morgan fingerprint density at radius 3 is 1.81 bits per heavy atom. The van der Waals surface area contributed by atoms with Gasteiger partial charge in [0.25, 0.3) is 0 Å². The number of allylic oxidation sites excluding steroid dienone is 2. The minimum absolute atomic E-state index is 0.0992. The van der Waals surface area contributed by atoms with E-state index in [1.807, 2.05) is 13.0 Å². The summed E-state index contributed by atoms with van der Waals surface area (Å²) >= 11 is 0. The van der Waals surface area contributed by atoms with E-state index in [1.165, 1.54) is 58.3 Å². The molecule has 0 radical (unpaired) electrons. The van der Waals surface area contributed by atoms with Gasteiger partial charge in [-0.05, 0) is 50.5 Å². The molecular weight excluding hydrogens is 540 g/mol. The number of hydrogen-bond acceptors (Lipinski definition) is 8. The molecular formula is C33H60O9. The summed E-state index contributed by atoms with van der Waals surface area (Å²) in [5.41, 5.74) is 0.394. The Bertz CT molecular complexity index is 781. The van der Waals surface area contributed by atoms with Gasteiger partial charge in [-0.2, -0.15) is 0 Å². The van der Waals surface area contributed by atoms with E-state index in [0.717, 1.165) is 44.9 Å². The predicted octanol–water partition coefficient (Wildman–Crippen LogP) is 5.35. The second-order valence-electron chi connectivity index (χ2n) is 12.2. The number of ketones is 1. The van der Waals surface area contributed by atoms with Gasteiger partial charge >= 0.3 is 11.9 Å². The van der Waals surface area contributed by atoms with Crippen molar-refractivity contribution in [3.8, 4) is 0 Å². The number of ether oxygens (including phenoxy) is 1. The van der Waals surface area contributed by atoms with Crippen LogP contribution >= 0.6 is 0 Å². The number of carbonyl (C=O) groups is 3. The van der Waals surface area contributed by atoms with E-state index in [-0.39, 0.29) is 12.0 Å². The largest absolute Gasteiger partial charge is 0.479 e. The molecule has 9 heteroatoms. The summed E-state index contributed by atoms with van der Waals surface area (Å²) in [5.74, 6) is -3.92. The highest BCUT2D eigenvalue weighted by Gasteiger charge is 2.35. The first-order chi connectivity index (χ1) is 19.8. The second kappa shape index (κ2) is 23.6. The van der Waals surface area contributed by atoms with E-state index in [1.54, 1.807) is 6.92 Å². The maximum atomic E-state index is 12.8. The molecule has 9 nitrogen and oxygen atoms in total. The highest BCUT2D eigenvalue weighted by Crippen LogP contribution is 2.22. The fraction of sp³-hybridized carbons (Fsp3) is 0.848. The molecule has 0 aromatic rings. The van der Waals surface area contributed by atoms with Crippen LogP contribution in [-0.4, -0.2) is 74.3 Å². The SMILES string of the molecule is CCCCCCCCCCCC(O)CCCCC(C)CC(C)/C=C(\C)C(=O)C(C)C(=O)OC(CO)C(O)C(O)C(=O)O. The normalized spacial score (nSPS) is 17.1. The van der Waals surface area contributed by atoms with E-state index in [4.69, 9.17) is 9.84 Å². The number of Topliss-reactive ketones (excluding diaryl/α,β-unsaturated/α-hetero) is 1. The number of carboxylic acid groups (broad SMARTS) is 1. The van der Waals surface area contributed by atoms with Gasteiger partial charge in [-0.3, -0.25) is 9.59 Å². The first-order valence-electron chi connectivity index (χ1n) is 16.2. The van der Waals surface area contributed by atoms with Crippen LogP contribution in [-0.2, 0) is 19.1 Å². The zero-order valence-electron chi connectivity index (χ0n) is 26.8. The van der Waals surface area contributed by atoms with Crippen molar-refractivity contribution < 1.29 is 44.7 Å². The lowest BCUT2D eigenvalue weighted by Gasteiger charge is -2.24. The van der Waals surface area contributed by atoms with E-state index >= 15 is 0 Å². The van der Waals surface area contributed by atoms with Crippen molar-refractivity contribution in [3.05, 3.63) is 11.6 Å². The van der Waals surface area contributed by atoms with Crippen LogP contribution in [0.4, 0.5) is 0 Å². The van der Waals surface area contributed by atoms with Gasteiger partial charge in [0.05, 0.1) is 12.7 Å². The van der Waals surface area contributed by atoms with E-state index in [0.29, 0.717) is 11.5 Å². The van der Waals surface area contributed by atoms with Crippen molar-refractivity contribution in [3.63, 3.8) is 0 Å². The van der Waals surface area contributed by atoms with Crippen molar-refractivity contribution in [2.75, 3.05) is 6.61 Å². The number of unbranched alkanes of at least 4 members (excludes halogenated alkanes) is 9. The van der Waals surface area contributed by atoms with Crippen molar-refractivity contribution in [1.29, 1.82) is 0 Å². The number of aliphatic hydroxyl groups excluding tert-OH is 4. The minimum Gasteiger partial charge on any atom is -0.479 e. The topological polar surface area (TPSA) is 162 Å². The summed E-state index contributed by atoms with van der Waals surface area (Å²) in [5, 5.41) is 47.7. The molecule has 7 unspecified atom stereocenters. The van der Waals surface area contributed by atoms with Crippen molar-refractivity contribution in [1.82, 2.24) is 0 Å². The summed E-state index contributed by atoms with van der Waals surface area (Å²) in [4.78, 5) is 36.0. The zero-order valence-corrected chi connectivity index (χ0v) is 26.8. The lowest BCUT2D eigenvalue weighted by atomic mass is 9.89. The standard InChI is InChI=1S/C33H60O9/c1-6-7-8-9-10-11-12-13-14-18-27(35)19-16-15-17-23(2)20-24(3)21-25(4)29(36)26(5)33(41)42-28(22-34)30(37)31(38)32(39)40/h21,23-24,26-28,30-31,34-35,37-38H,6-20,22H2,1-5H3,(H,39,40)/b25-21+. The molecule has 0 fully saturated rings. The molecule has 246 valence electrons. The number of aliphatic carboxylic acids is 1. The monoisotopic (exact) mass is 600 g/mol. The molecule has 0 saturated heterocycles. The van der Waals surface area contributed by atoms with Crippen LogP contribution in [0.1, 0.15) is 131 Å². The summed E-state index contributed by atoms with van der Waals surface area (Å²) < 4.78 is 4.93. The molecule has 0 saturated carbocycles. The molecule has 0 heterocycles. The Morgan fingerprint density at radius 1 is 0.786 bits per heavy atom. The number of hydrogen-bond donors (Lipinski definition) is 5. The van der Waals surface area contributed by atoms with Crippen LogP contribution in [0.2, 0.25) is 0 Å². The summed E-state index contributed by atoms with van der Waals surface area (Å²) in [6, 6.07) is 0. The number of carboxylic acids is 1. The molecule has 0 aliphatic heterocycles. The summed E-state index contributed by atoms with van der Waals surface area (Å²) in [7, 11) is 0. The highest BCUT2D eigenvalue weighted by molar-refractivity contribution is 6.07. The number of aliphatic hydroxyl groups is 4. The third-order valence-corrected chi connectivity index (χ3v) is 7.97. The molecule has 0 amide bonds. The van der Waals surface area contributed by atoms with Gasteiger partial charge in [0.1, 0.15) is 12.0 Å². The molecule has 5 N–H and O–H groups in total. The Hall–Kier alpha value is -1.81. The van der Waals surface area contributed by atoms with Crippen molar-refractivity contribution >= 4 is 17.7 Å². The van der Waals surface area contributed by atoms with E-state index < -0.39 is 48.6 Å². The van der Waals surface area contributed by atoms with Crippen molar-refractivity contribution in [2.45, 2.75) is 155 Å². The third-order valence-electron chi connectivity index (χ3n) is 7.97. The van der Waals surface area contributed by atoms with Crippen LogP contribution < -0.4 is 0 Å². The average Bonchev–Trinajstić information content (AvgIpc) is 2.95. The Labute approximate surface area is 253 Å². The van der Waals surface area contributed by atoms with Gasteiger partial charge in [-0.15, -0.1) is 0 Å². The maximum absolute atomic E-state index is 12.8. The van der Waals surface area contributed by atoms with Gasteiger partial charge in [0.2, 0.25) is 0 Å². The van der Waals surface area contributed by atoms with Crippen LogP contribution in [0.25, 0.3) is 0 Å². The molecule has 0 bridgehead atoms. The third kappa shape index (κ3) is 18.0. The fourth-order valence-corrected chi connectivity index (χ4v) is 5.30. The molecule has 0 rings (SSSR count). The van der Waals surface area contributed by atoms with Crippen LogP contribution in [0.3, 0.4) is 0 Å². The summed E-state index contributed by atoms with van der Waals surface area (Å²) in [6.45, 7) is 8.47. The first kappa shape index (κ1) is 40.2. The fourth-order valence-electron chi connectivity index (χ4n) is 5.30. The number of esters is 1. The minimum atomic E-state index is -2.25.